The SMILES string of the molecule is N/C(=N/O)c1ccc(OCCC(F)(F)F)c2ccccc12. The monoisotopic (exact) mass is 298 g/mol. The summed E-state index contributed by atoms with van der Waals surface area (Å²) in [5.41, 5.74) is 6.06. The van der Waals surface area contributed by atoms with Gasteiger partial charge in [-0.2, -0.15) is 13.2 Å². The summed E-state index contributed by atoms with van der Waals surface area (Å²) in [4.78, 5) is 0. The quantitative estimate of drug-likeness (QED) is 0.394. The van der Waals surface area contributed by atoms with Crippen LogP contribution in [0.1, 0.15) is 12.0 Å². The van der Waals surface area contributed by atoms with Gasteiger partial charge in [0.05, 0.1) is 13.0 Å². The second-order valence-corrected chi connectivity index (χ2v) is 4.36. The van der Waals surface area contributed by atoms with Crippen LogP contribution < -0.4 is 10.5 Å². The third kappa shape index (κ3) is 3.56. The minimum Gasteiger partial charge on any atom is -0.493 e. The van der Waals surface area contributed by atoms with E-state index in [1.807, 2.05) is 0 Å². The molecule has 0 heterocycles. The van der Waals surface area contributed by atoms with E-state index >= 15 is 0 Å². The molecule has 4 nitrogen and oxygen atoms in total. The zero-order valence-electron chi connectivity index (χ0n) is 10.9. The van der Waals surface area contributed by atoms with Crippen molar-refractivity contribution in [3.05, 3.63) is 42.0 Å². The van der Waals surface area contributed by atoms with Crippen LogP contribution in [0.5, 0.6) is 5.75 Å². The Bertz CT molecular complexity index is 669. The van der Waals surface area contributed by atoms with Gasteiger partial charge < -0.3 is 15.7 Å². The molecule has 112 valence electrons. The summed E-state index contributed by atoms with van der Waals surface area (Å²) in [5, 5.41) is 12.9. The normalized spacial score (nSPS) is 12.6. The summed E-state index contributed by atoms with van der Waals surface area (Å²) < 4.78 is 41.6. The van der Waals surface area contributed by atoms with Gasteiger partial charge in [0.1, 0.15) is 5.75 Å². The molecule has 0 atom stereocenters. The van der Waals surface area contributed by atoms with Gasteiger partial charge >= 0.3 is 6.18 Å². The number of nitrogens with two attached hydrogens (primary N) is 1. The molecule has 0 saturated carbocycles. The summed E-state index contributed by atoms with van der Waals surface area (Å²) in [6, 6.07) is 9.95. The Labute approximate surface area is 118 Å². The van der Waals surface area contributed by atoms with Crippen molar-refractivity contribution >= 4 is 16.6 Å². The molecule has 21 heavy (non-hydrogen) atoms. The lowest BCUT2D eigenvalue weighted by Crippen LogP contribution is -2.15. The topological polar surface area (TPSA) is 67.8 Å². The Morgan fingerprint density at radius 1 is 1.14 bits per heavy atom. The first-order valence-corrected chi connectivity index (χ1v) is 6.11. The van der Waals surface area contributed by atoms with Crippen molar-refractivity contribution in [3.63, 3.8) is 0 Å². The van der Waals surface area contributed by atoms with Crippen molar-refractivity contribution in [1.82, 2.24) is 0 Å². The summed E-state index contributed by atoms with van der Waals surface area (Å²) in [7, 11) is 0. The Balaban J connectivity index is 2.34. The fraction of sp³-hybridized carbons (Fsp3) is 0.214. The van der Waals surface area contributed by atoms with Gasteiger partial charge in [-0.3, -0.25) is 0 Å². The number of oxime groups is 1. The van der Waals surface area contributed by atoms with Crippen molar-refractivity contribution in [2.75, 3.05) is 6.61 Å². The molecule has 0 fully saturated rings. The highest BCUT2D eigenvalue weighted by atomic mass is 19.4. The third-order valence-electron chi connectivity index (χ3n) is 2.91. The third-order valence-corrected chi connectivity index (χ3v) is 2.91. The maximum absolute atomic E-state index is 12.1. The predicted octanol–water partition coefficient (Wildman–Crippen LogP) is 3.27. The number of amidine groups is 1. The standard InChI is InChI=1S/C14H13F3N2O2/c15-14(16,17)7-8-21-12-6-5-11(13(18)19-20)9-3-1-2-4-10(9)12/h1-6,20H,7-8H2,(H2,18,19). The van der Waals surface area contributed by atoms with Crippen molar-refractivity contribution in [2.45, 2.75) is 12.6 Å². The van der Waals surface area contributed by atoms with Gasteiger partial charge in [-0.15, -0.1) is 0 Å². The highest BCUT2D eigenvalue weighted by Crippen LogP contribution is 2.29. The van der Waals surface area contributed by atoms with Gasteiger partial charge in [-0.25, -0.2) is 0 Å². The number of ether oxygens (including phenoxy) is 1. The van der Waals surface area contributed by atoms with Gasteiger partial charge in [0.25, 0.3) is 0 Å². The Morgan fingerprint density at radius 2 is 1.81 bits per heavy atom. The molecule has 0 aromatic heterocycles. The number of rotatable bonds is 4. The maximum atomic E-state index is 12.1. The van der Waals surface area contributed by atoms with Crippen molar-refractivity contribution in [3.8, 4) is 5.75 Å². The van der Waals surface area contributed by atoms with E-state index < -0.39 is 19.2 Å². The molecule has 2 aromatic carbocycles. The van der Waals surface area contributed by atoms with Crippen molar-refractivity contribution in [2.24, 2.45) is 10.9 Å². The lowest BCUT2D eigenvalue weighted by atomic mass is 10.0. The highest BCUT2D eigenvalue weighted by molar-refractivity contribution is 6.10. The van der Waals surface area contributed by atoms with Gasteiger partial charge in [-0.1, -0.05) is 29.4 Å². The summed E-state index contributed by atoms with van der Waals surface area (Å²) in [5.74, 6) is 0.248. The highest BCUT2D eigenvalue weighted by Gasteiger charge is 2.27. The molecule has 0 amide bonds. The van der Waals surface area contributed by atoms with Crippen LogP contribution in [-0.4, -0.2) is 23.8 Å². The zero-order valence-corrected chi connectivity index (χ0v) is 10.9. The van der Waals surface area contributed by atoms with Crippen LogP contribution in [-0.2, 0) is 0 Å². The molecule has 0 spiro atoms. The molecule has 2 aromatic rings. The molecule has 2 rings (SSSR count). The molecule has 0 saturated heterocycles. The van der Waals surface area contributed by atoms with E-state index in [-0.39, 0.29) is 5.84 Å². The molecule has 3 N–H and O–H groups in total. The van der Waals surface area contributed by atoms with E-state index in [0.717, 1.165) is 0 Å². The molecule has 0 aliphatic rings. The van der Waals surface area contributed by atoms with Crippen LogP contribution in [0.15, 0.2) is 41.6 Å². The fourth-order valence-corrected chi connectivity index (χ4v) is 1.95. The molecule has 0 unspecified atom stereocenters. The molecule has 0 aliphatic carbocycles. The van der Waals surface area contributed by atoms with E-state index in [1.54, 1.807) is 30.3 Å². The zero-order chi connectivity index (χ0) is 15.5. The van der Waals surface area contributed by atoms with Crippen LogP contribution in [0.4, 0.5) is 13.2 Å². The second-order valence-electron chi connectivity index (χ2n) is 4.36. The number of hydrogen-bond acceptors (Lipinski definition) is 3. The van der Waals surface area contributed by atoms with Crippen LogP contribution in [0, 0.1) is 0 Å². The lowest BCUT2D eigenvalue weighted by molar-refractivity contribution is -0.139. The number of halogens is 3. The maximum Gasteiger partial charge on any atom is 0.392 e. The summed E-state index contributed by atoms with van der Waals surface area (Å²) in [6.45, 7) is -0.462. The minimum atomic E-state index is -4.26. The second kappa shape index (κ2) is 5.90. The molecule has 7 heteroatoms. The number of fused-ring (bicyclic) bond motifs is 1. The first-order chi connectivity index (χ1) is 9.92. The largest absolute Gasteiger partial charge is 0.493 e. The Morgan fingerprint density at radius 3 is 2.43 bits per heavy atom. The smallest absolute Gasteiger partial charge is 0.392 e. The summed E-state index contributed by atoms with van der Waals surface area (Å²) in [6.07, 6.45) is -5.28. The Kier molecular flexibility index (Phi) is 4.21. The first-order valence-electron chi connectivity index (χ1n) is 6.11. The molecular weight excluding hydrogens is 285 g/mol. The number of hydrogen-bond donors (Lipinski definition) is 2. The average molecular weight is 298 g/mol. The lowest BCUT2D eigenvalue weighted by Gasteiger charge is -2.13. The number of alkyl halides is 3. The fourth-order valence-electron chi connectivity index (χ4n) is 1.95. The average Bonchev–Trinajstić information content (AvgIpc) is 2.45. The molecule has 0 radical (unpaired) electrons. The number of benzene rings is 2. The Hall–Kier alpha value is -2.44. The minimum absolute atomic E-state index is 0.0759. The van der Waals surface area contributed by atoms with E-state index in [4.69, 9.17) is 15.7 Å². The molecular formula is C14H13F3N2O2. The molecule has 0 aliphatic heterocycles. The van der Waals surface area contributed by atoms with Crippen molar-refractivity contribution in [1.29, 1.82) is 0 Å². The first kappa shape index (κ1) is 15.0. The van der Waals surface area contributed by atoms with Gasteiger partial charge in [-0.05, 0) is 17.5 Å². The number of nitrogens with zero attached hydrogens (tertiary/aromatic N) is 1. The predicted molar refractivity (Wildman–Crippen MR) is 72.6 cm³/mol. The van der Waals surface area contributed by atoms with E-state index in [0.29, 0.717) is 22.1 Å². The van der Waals surface area contributed by atoms with Crippen LogP contribution in [0.3, 0.4) is 0 Å². The van der Waals surface area contributed by atoms with E-state index in [1.165, 1.54) is 6.07 Å². The van der Waals surface area contributed by atoms with Gasteiger partial charge in [0.15, 0.2) is 5.84 Å². The van der Waals surface area contributed by atoms with Gasteiger partial charge in [0.2, 0.25) is 0 Å². The van der Waals surface area contributed by atoms with E-state index in [2.05, 4.69) is 5.16 Å². The molecule has 0 bridgehead atoms. The van der Waals surface area contributed by atoms with Crippen LogP contribution in [0.2, 0.25) is 0 Å². The van der Waals surface area contributed by atoms with Gasteiger partial charge in [0, 0.05) is 10.9 Å². The van der Waals surface area contributed by atoms with Crippen LogP contribution in [0.25, 0.3) is 10.8 Å². The van der Waals surface area contributed by atoms with Crippen LogP contribution >= 0.6 is 0 Å². The summed E-state index contributed by atoms with van der Waals surface area (Å²) >= 11 is 0. The van der Waals surface area contributed by atoms with Crippen molar-refractivity contribution < 1.29 is 23.1 Å². The van der Waals surface area contributed by atoms with E-state index in [9.17, 15) is 13.2 Å².